The molecular formula is C18H36NO2. The normalized spacial score (nSPS) is 12.3. The molecule has 0 aromatic heterocycles. The summed E-state index contributed by atoms with van der Waals surface area (Å²) in [5, 5.41) is 3.74. The quantitative estimate of drug-likeness (QED) is 0.394. The zero-order valence-corrected chi connectivity index (χ0v) is 14.3. The fraction of sp³-hybridized carbons (Fsp3) is 0.944. The zero-order chi connectivity index (χ0) is 15.6. The highest BCUT2D eigenvalue weighted by Crippen LogP contribution is 2.09. The van der Waals surface area contributed by atoms with Gasteiger partial charge >= 0.3 is 6.47 Å². The molecule has 0 heterocycles. The number of nitrogens with one attached hydrogen (secondary N) is 1. The highest BCUT2D eigenvalue weighted by molar-refractivity contribution is 5.37. The van der Waals surface area contributed by atoms with Crippen molar-refractivity contribution in [3.63, 3.8) is 0 Å². The van der Waals surface area contributed by atoms with Crippen LogP contribution in [0.15, 0.2) is 0 Å². The van der Waals surface area contributed by atoms with Gasteiger partial charge in [-0.3, -0.25) is 0 Å². The van der Waals surface area contributed by atoms with Gasteiger partial charge in [0.15, 0.2) is 0 Å². The molecule has 0 aliphatic heterocycles. The van der Waals surface area contributed by atoms with Crippen molar-refractivity contribution in [2.45, 2.75) is 96.9 Å². The Morgan fingerprint density at radius 3 is 2.24 bits per heavy atom. The molecular weight excluding hydrogens is 262 g/mol. The summed E-state index contributed by atoms with van der Waals surface area (Å²) in [6, 6.07) is 0.735. The average Bonchev–Trinajstić information content (AvgIpc) is 2.49. The zero-order valence-electron chi connectivity index (χ0n) is 14.3. The molecule has 1 unspecified atom stereocenters. The first-order valence-electron chi connectivity index (χ1n) is 9.07. The molecule has 0 rings (SSSR count). The lowest BCUT2D eigenvalue weighted by Gasteiger charge is -2.18. The van der Waals surface area contributed by atoms with Gasteiger partial charge in [-0.15, -0.1) is 0 Å². The van der Waals surface area contributed by atoms with E-state index in [1.807, 2.05) is 0 Å². The number of unbranched alkanes of at least 4 members (excludes halogenated alkanes) is 7. The van der Waals surface area contributed by atoms with E-state index in [1.54, 1.807) is 0 Å². The fourth-order valence-corrected chi connectivity index (χ4v) is 2.69. The maximum atomic E-state index is 9.84. The Kier molecular flexibility index (Phi) is 17.0. The highest BCUT2D eigenvalue weighted by atomic mass is 16.5. The van der Waals surface area contributed by atoms with E-state index < -0.39 is 0 Å². The van der Waals surface area contributed by atoms with Gasteiger partial charge in [0.25, 0.3) is 0 Å². The van der Waals surface area contributed by atoms with E-state index in [2.05, 4.69) is 23.9 Å². The van der Waals surface area contributed by atoms with Crippen LogP contribution in [0.5, 0.6) is 0 Å². The average molecular weight is 298 g/mol. The van der Waals surface area contributed by atoms with Crippen molar-refractivity contribution < 1.29 is 9.53 Å². The smallest absolute Gasteiger partial charge is 0.417 e. The summed E-state index contributed by atoms with van der Waals surface area (Å²) in [6.07, 6.45) is 15.3. The predicted molar refractivity (Wildman–Crippen MR) is 90.2 cm³/mol. The molecule has 21 heavy (non-hydrogen) atoms. The van der Waals surface area contributed by atoms with Gasteiger partial charge in [-0.05, 0) is 32.2 Å². The molecule has 0 saturated heterocycles. The summed E-state index contributed by atoms with van der Waals surface area (Å²) in [7, 11) is 0. The summed E-state index contributed by atoms with van der Waals surface area (Å²) in [5.74, 6) is 0. The third kappa shape index (κ3) is 15.6. The van der Waals surface area contributed by atoms with Crippen LogP contribution in [0, 0.1) is 0 Å². The van der Waals surface area contributed by atoms with Gasteiger partial charge in [0.05, 0.1) is 6.61 Å². The second-order valence-electron chi connectivity index (χ2n) is 5.99. The third-order valence-electron chi connectivity index (χ3n) is 3.96. The Hall–Kier alpha value is -0.570. The molecule has 1 N–H and O–H groups in total. The number of ether oxygens (including phenoxy) is 1. The van der Waals surface area contributed by atoms with Crippen molar-refractivity contribution in [1.29, 1.82) is 0 Å². The summed E-state index contributed by atoms with van der Waals surface area (Å²) in [4.78, 5) is 9.84. The molecule has 0 aliphatic rings. The maximum Gasteiger partial charge on any atom is 0.417 e. The molecule has 0 aromatic rings. The van der Waals surface area contributed by atoms with Gasteiger partial charge in [0.1, 0.15) is 0 Å². The first-order chi connectivity index (χ1) is 10.3. The van der Waals surface area contributed by atoms with Crippen molar-refractivity contribution in [2.24, 2.45) is 0 Å². The molecule has 3 heteroatoms. The van der Waals surface area contributed by atoms with Crippen molar-refractivity contribution in [3.05, 3.63) is 0 Å². The summed E-state index contributed by atoms with van der Waals surface area (Å²) in [5.41, 5.74) is 0. The molecule has 0 fully saturated rings. The standard InChI is InChI=1S/C18H36NO2/c1-3-5-10-14-18(13-4-2)19-15-11-8-6-7-9-12-16-21-17-20/h18-19H,3-16H2,1-2H3. The van der Waals surface area contributed by atoms with Gasteiger partial charge in [0, 0.05) is 6.04 Å². The van der Waals surface area contributed by atoms with Crippen LogP contribution in [-0.2, 0) is 9.53 Å². The summed E-state index contributed by atoms with van der Waals surface area (Å²) >= 11 is 0. The molecule has 0 amide bonds. The van der Waals surface area contributed by atoms with Crippen LogP contribution in [-0.4, -0.2) is 25.7 Å². The van der Waals surface area contributed by atoms with E-state index in [-0.39, 0.29) is 0 Å². The molecule has 0 aliphatic carbocycles. The monoisotopic (exact) mass is 298 g/mol. The minimum Gasteiger partial charge on any atom is -0.457 e. The van der Waals surface area contributed by atoms with Gasteiger partial charge in [-0.25, -0.2) is 4.79 Å². The minimum atomic E-state index is 0.529. The first kappa shape index (κ1) is 20.4. The minimum absolute atomic E-state index is 0.529. The van der Waals surface area contributed by atoms with Crippen molar-refractivity contribution in [1.82, 2.24) is 5.32 Å². The fourth-order valence-electron chi connectivity index (χ4n) is 2.69. The van der Waals surface area contributed by atoms with Crippen molar-refractivity contribution >= 4 is 6.47 Å². The Morgan fingerprint density at radius 2 is 1.57 bits per heavy atom. The maximum absolute atomic E-state index is 9.84. The highest BCUT2D eigenvalue weighted by Gasteiger charge is 2.05. The number of carbonyl (C=O) groups excluding carboxylic acids is 1. The third-order valence-corrected chi connectivity index (χ3v) is 3.96. The van der Waals surface area contributed by atoms with Crippen molar-refractivity contribution in [2.75, 3.05) is 13.2 Å². The van der Waals surface area contributed by atoms with E-state index in [4.69, 9.17) is 0 Å². The topological polar surface area (TPSA) is 38.3 Å². The van der Waals surface area contributed by atoms with E-state index in [1.165, 1.54) is 77.2 Å². The Labute approximate surface area is 132 Å². The van der Waals surface area contributed by atoms with Crippen LogP contribution >= 0.6 is 0 Å². The summed E-state index contributed by atoms with van der Waals surface area (Å²) < 4.78 is 4.55. The van der Waals surface area contributed by atoms with Crippen molar-refractivity contribution in [3.8, 4) is 0 Å². The Bertz CT molecular complexity index is 209. The van der Waals surface area contributed by atoms with Crippen LogP contribution in [0.3, 0.4) is 0 Å². The Balaban J connectivity index is 3.34. The second-order valence-corrected chi connectivity index (χ2v) is 5.99. The van der Waals surface area contributed by atoms with E-state index in [9.17, 15) is 4.79 Å². The lowest BCUT2D eigenvalue weighted by Crippen LogP contribution is -2.29. The van der Waals surface area contributed by atoms with E-state index in [0.717, 1.165) is 18.9 Å². The largest absolute Gasteiger partial charge is 0.457 e. The van der Waals surface area contributed by atoms with Gasteiger partial charge in [-0.1, -0.05) is 65.2 Å². The van der Waals surface area contributed by atoms with E-state index >= 15 is 0 Å². The molecule has 3 nitrogen and oxygen atoms in total. The van der Waals surface area contributed by atoms with Crippen LogP contribution in [0.2, 0.25) is 0 Å². The molecule has 0 aromatic carbocycles. The van der Waals surface area contributed by atoms with Crippen LogP contribution in [0.25, 0.3) is 0 Å². The van der Waals surface area contributed by atoms with Crippen LogP contribution in [0.1, 0.15) is 90.9 Å². The van der Waals surface area contributed by atoms with Gasteiger partial charge in [0.2, 0.25) is 0 Å². The Morgan fingerprint density at radius 1 is 0.857 bits per heavy atom. The number of hydrogen-bond donors (Lipinski definition) is 1. The molecule has 0 spiro atoms. The summed E-state index contributed by atoms with van der Waals surface area (Å²) in [6.45, 7) is 7.71. The SMILES string of the molecule is CCCCCC(CCC)NCCCCCCCCO[C]=O. The molecule has 0 saturated carbocycles. The van der Waals surface area contributed by atoms with Gasteiger partial charge < -0.3 is 10.1 Å². The van der Waals surface area contributed by atoms with Crippen LogP contribution < -0.4 is 5.32 Å². The van der Waals surface area contributed by atoms with Crippen LogP contribution in [0.4, 0.5) is 0 Å². The van der Waals surface area contributed by atoms with Gasteiger partial charge in [-0.2, -0.15) is 0 Å². The lowest BCUT2D eigenvalue weighted by atomic mass is 10.0. The molecule has 125 valence electrons. The van der Waals surface area contributed by atoms with E-state index in [0.29, 0.717) is 6.61 Å². The number of hydrogen-bond acceptors (Lipinski definition) is 3. The molecule has 0 bridgehead atoms. The second kappa shape index (κ2) is 17.5. The molecule has 1 atom stereocenters. The molecule has 1 radical (unpaired) electrons. The predicted octanol–water partition coefficient (Wildman–Crippen LogP) is 4.75. The number of rotatable bonds is 17. The lowest BCUT2D eigenvalue weighted by molar-refractivity contribution is 0.268. The first-order valence-corrected chi connectivity index (χ1v) is 9.07.